The van der Waals surface area contributed by atoms with Crippen LogP contribution in [0.3, 0.4) is 0 Å². The molecule has 0 saturated heterocycles. The van der Waals surface area contributed by atoms with E-state index in [1.54, 1.807) is 0 Å². The first-order chi connectivity index (χ1) is 22.9. The fraction of sp³-hybridized carbons (Fsp3) is 0.422. The molecule has 0 atom stereocenters. The topological polar surface area (TPSA) is 50.2 Å². The molecular formula is C45H56IrNO2-. The Morgan fingerprint density at radius 2 is 1.39 bits per heavy atom. The number of ketones is 1. The maximum absolute atomic E-state index is 12.0. The van der Waals surface area contributed by atoms with E-state index < -0.39 is 0 Å². The number of carbonyl (C=O) groups is 1. The molecule has 0 aliphatic heterocycles. The minimum Gasteiger partial charge on any atom is -0.512 e. The standard InChI is InChI=1S/C31H30N.C14H26O2.Ir/c1-20(2)15-22-17-23(16-21(3)4)19-25(18-22)31-30-12-11-27-26-8-6-5-7-24(26)9-10-28(27)29(30)13-14-32-31;1-6-11(7-2)12(15)10-13(16)14(5,8-3)9-4;/h5-14,17-18,20-21H,15-16H2,1-4H3;10-11,15H,6-9H2,1-5H3;/q-1;;/b;12-10-;. The van der Waals surface area contributed by atoms with Crippen LogP contribution in [0, 0.1) is 29.2 Å². The van der Waals surface area contributed by atoms with Crippen LogP contribution in [0.15, 0.2) is 84.8 Å². The van der Waals surface area contributed by atoms with Gasteiger partial charge >= 0.3 is 0 Å². The molecule has 4 aromatic carbocycles. The van der Waals surface area contributed by atoms with Crippen LogP contribution >= 0.6 is 0 Å². The van der Waals surface area contributed by atoms with E-state index in [2.05, 4.69) is 100 Å². The summed E-state index contributed by atoms with van der Waals surface area (Å²) in [4.78, 5) is 16.9. The molecular weight excluding hydrogens is 779 g/mol. The number of hydrogen-bond donors (Lipinski definition) is 1. The van der Waals surface area contributed by atoms with Crippen molar-refractivity contribution < 1.29 is 30.0 Å². The number of aliphatic hydroxyl groups is 1. The molecule has 0 unspecified atom stereocenters. The van der Waals surface area contributed by atoms with E-state index in [-0.39, 0.29) is 43.0 Å². The number of rotatable bonds is 12. The summed E-state index contributed by atoms with van der Waals surface area (Å²) in [5.74, 6) is 1.66. The van der Waals surface area contributed by atoms with Crippen molar-refractivity contribution in [3.8, 4) is 11.3 Å². The predicted molar refractivity (Wildman–Crippen MR) is 207 cm³/mol. The van der Waals surface area contributed by atoms with Crippen LogP contribution in [-0.2, 0) is 37.7 Å². The van der Waals surface area contributed by atoms with E-state index in [9.17, 15) is 9.90 Å². The third-order valence-electron chi connectivity index (χ3n) is 10.0. The van der Waals surface area contributed by atoms with Crippen LogP contribution in [0.25, 0.3) is 43.6 Å². The van der Waals surface area contributed by atoms with Crippen molar-refractivity contribution in [2.45, 2.75) is 101 Å². The van der Waals surface area contributed by atoms with Crippen LogP contribution in [0.5, 0.6) is 0 Å². The molecule has 49 heavy (non-hydrogen) atoms. The number of nitrogens with zero attached hydrogens (tertiary/aromatic N) is 1. The Labute approximate surface area is 309 Å². The van der Waals surface area contributed by atoms with Crippen LogP contribution in [0.1, 0.15) is 99.1 Å². The number of pyridine rings is 1. The van der Waals surface area contributed by atoms with E-state index in [1.807, 2.05) is 40.8 Å². The molecule has 5 rings (SSSR count). The number of hydrogen-bond acceptors (Lipinski definition) is 3. The van der Waals surface area contributed by atoms with Crippen molar-refractivity contribution in [2.24, 2.45) is 23.2 Å². The molecule has 1 radical (unpaired) electrons. The monoisotopic (exact) mass is 835 g/mol. The molecule has 4 heteroatoms. The van der Waals surface area contributed by atoms with Gasteiger partial charge in [0.25, 0.3) is 0 Å². The van der Waals surface area contributed by atoms with Gasteiger partial charge in [0.15, 0.2) is 5.78 Å². The van der Waals surface area contributed by atoms with Crippen molar-refractivity contribution >= 4 is 38.1 Å². The van der Waals surface area contributed by atoms with Gasteiger partial charge in [-0.3, -0.25) is 4.79 Å². The number of benzene rings is 4. The second-order valence-corrected chi connectivity index (χ2v) is 14.5. The molecule has 0 saturated carbocycles. The fourth-order valence-electron chi connectivity index (χ4n) is 6.66. The summed E-state index contributed by atoms with van der Waals surface area (Å²) in [7, 11) is 0. The molecule has 0 bridgehead atoms. The van der Waals surface area contributed by atoms with Gasteiger partial charge in [0.05, 0.1) is 5.76 Å². The normalized spacial score (nSPS) is 12.1. The second-order valence-electron chi connectivity index (χ2n) is 14.5. The molecule has 5 aromatic rings. The summed E-state index contributed by atoms with van der Waals surface area (Å²) < 4.78 is 0. The van der Waals surface area contributed by atoms with Gasteiger partial charge < -0.3 is 10.1 Å². The zero-order chi connectivity index (χ0) is 35.0. The van der Waals surface area contributed by atoms with E-state index in [1.165, 1.54) is 49.5 Å². The van der Waals surface area contributed by atoms with Gasteiger partial charge in [-0.25, -0.2) is 0 Å². The maximum atomic E-state index is 12.0. The number of allylic oxidation sites excluding steroid dienone is 2. The first-order valence-corrected chi connectivity index (χ1v) is 18.1. The molecule has 0 spiro atoms. The maximum Gasteiger partial charge on any atom is 0.164 e. The van der Waals surface area contributed by atoms with Gasteiger partial charge in [0.1, 0.15) is 0 Å². The third kappa shape index (κ3) is 9.68. The van der Waals surface area contributed by atoms with Crippen molar-refractivity contribution in [3.05, 3.63) is 102 Å². The van der Waals surface area contributed by atoms with Crippen LogP contribution in [0.2, 0.25) is 0 Å². The largest absolute Gasteiger partial charge is 0.512 e. The van der Waals surface area contributed by atoms with Gasteiger partial charge in [-0.15, -0.1) is 34.9 Å². The summed E-state index contributed by atoms with van der Waals surface area (Å²) in [5.41, 5.74) is 4.51. The van der Waals surface area contributed by atoms with Gasteiger partial charge in [0.2, 0.25) is 0 Å². The summed E-state index contributed by atoms with van der Waals surface area (Å²) in [6.45, 7) is 19.2. The summed E-state index contributed by atoms with van der Waals surface area (Å²) >= 11 is 0. The molecule has 0 aliphatic carbocycles. The van der Waals surface area contributed by atoms with Crippen LogP contribution < -0.4 is 0 Å². The zero-order valence-corrected chi connectivity index (χ0v) is 33.5. The molecule has 1 N–H and O–H groups in total. The van der Waals surface area contributed by atoms with E-state index in [0.29, 0.717) is 11.8 Å². The number of aliphatic hydroxyl groups excluding tert-OH is 1. The Bertz CT molecular complexity index is 1850. The van der Waals surface area contributed by atoms with Gasteiger partial charge in [-0.1, -0.05) is 111 Å². The molecule has 0 aliphatic rings. The first kappa shape index (κ1) is 40.1. The molecule has 3 nitrogen and oxygen atoms in total. The van der Waals surface area contributed by atoms with Crippen LogP contribution in [-0.4, -0.2) is 15.9 Å². The van der Waals surface area contributed by atoms with Crippen molar-refractivity contribution in [1.29, 1.82) is 0 Å². The first-order valence-electron chi connectivity index (χ1n) is 18.1. The predicted octanol–water partition coefficient (Wildman–Crippen LogP) is 12.7. The molecule has 1 aromatic heterocycles. The molecule has 0 fully saturated rings. The average Bonchev–Trinajstić information content (AvgIpc) is 3.07. The number of fused-ring (bicyclic) bond motifs is 5. The van der Waals surface area contributed by atoms with Gasteiger partial charge in [-0.05, 0) is 94.4 Å². The number of carbonyl (C=O) groups excluding carboxylic acids is 1. The number of aromatic nitrogens is 1. The van der Waals surface area contributed by atoms with Crippen molar-refractivity contribution in [1.82, 2.24) is 4.98 Å². The Morgan fingerprint density at radius 3 is 2.02 bits per heavy atom. The molecule has 1 heterocycles. The van der Waals surface area contributed by atoms with Gasteiger partial charge in [-0.2, -0.15) is 0 Å². The average molecular weight is 835 g/mol. The summed E-state index contributed by atoms with van der Waals surface area (Å²) in [6.07, 6.45) is 8.90. The van der Waals surface area contributed by atoms with E-state index in [0.717, 1.165) is 49.8 Å². The third-order valence-corrected chi connectivity index (χ3v) is 10.0. The SMILES string of the molecule is CC(C)Cc1[c-]c(-c2nccc3c2ccc2c4ccccc4ccc32)cc(CC(C)C)c1.CCC(CC)/C(O)=C/C(=O)C(C)(CC)CC.[Ir]. The van der Waals surface area contributed by atoms with E-state index in [4.69, 9.17) is 4.98 Å². The Morgan fingerprint density at radius 1 is 0.796 bits per heavy atom. The quantitative estimate of drug-likeness (QED) is 0.0589. The van der Waals surface area contributed by atoms with Gasteiger partial charge in [0, 0.05) is 43.7 Å². The summed E-state index contributed by atoms with van der Waals surface area (Å²) in [6, 6.07) is 28.1. The summed E-state index contributed by atoms with van der Waals surface area (Å²) in [5, 5.41) is 17.5. The molecule has 0 amide bonds. The minimum absolute atomic E-state index is 0. The van der Waals surface area contributed by atoms with E-state index >= 15 is 0 Å². The minimum atomic E-state index is -0.319. The van der Waals surface area contributed by atoms with Crippen LogP contribution in [0.4, 0.5) is 0 Å². The zero-order valence-electron chi connectivity index (χ0n) is 31.1. The van der Waals surface area contributed by atoms with Crippen molar-refractivity contribution in [3.63, 3.8) is 0 Å². The Balaban J connectivity index is 0.000000328. The fourth-order valence-corrected chi connectivity index (χ4v) is 6.66. The Hall–Kier alpha value is -3.33. The Kier molecular flexibility index (Phi) is 14.8. The van der Waals surface area contributed by atoms with Crippen molar-refractivity contribution in [2.75, 3.05) is 0 Å². The smallest absolute Gasteiger partial charge is 0.164 e. The molecule has 263 valence electrons. The second kappa shape index (κ2) is 18.1.